The van der Waals surface area contributed by atoms with E-state index in [-0.39, 0.29) is 0 Å². The molecule has 2 nitrogen and oxygen atoms in total. The highest BCUT2D eigenvalue weighted by Gasteiger charge is 2.10. The molecule has 17 heavy (non-hydrogen) atoms. The number of hydrogen-bond acceptors (Lipinski definition) is 3. The molecule has 0 radical (unpaired) electrons. The Bertz CT molecular complexity index is 517. The number of aryl methyl sites for hydroxylation is 1. The number of hydrogen-bond donors (Lipinski definition) is 1. The molecular formula is C12H12Cl2N2S. The number of aromatic nitrogens is 1. The van der Waals surface area contributed by atoms with E-state index in [2.05, 4.69) is 4.98 Å². The van der Waals surface area contributed by atoms with Crippen molar-refractivity contribution in [2.24, 2.45) is 5.73 Å². The molecule has 1 aromatic heterocycles. The highest BCUT2D eigenvalue weighted by molar-refractivity contribution is 7.12. The van der Waals surface area contributed by atoms with Crippen molar-refractivity contribution in [1.29, 1.82) is 0 Å². The van der Waals surface area contributed by atoms with Gasteiger partial charge in [-0.2, -0.15) is 0 Å². The second kappa shape index (κ2) is 5.36. The first-order chi connectivity index (χ1) is 8.10. The normalized spacial score (nSPS) is 10.8. The summed E-state index contributed by atoms with van der Waals surface area (Å²) in [7, 11) is 0. The molecule has 0 fully saturated rings. The van der Waals surface area contributed by atoms with Gasteiger partial charge >= 0.3 is 0 Å². The molecule has 0 amide bonds. The first-order valence-corrected chi connectivity index (χ1v) is 6.80. The van der Waals surface area contributed by atoms with Gasteiger partial charge in [-0.1, -0.05) is 23.2 Å². The second-order valence-electron chi connectivity index (χ2n) is 3.71. The van der Waals surface area contributed by atoms with Crippen LogP contribution in [0.4, 0.5) is 0 Å². The van der Waals surface area contributed by atoms with Crippen LogP contribution in [-0.2, 0) is 6.42 Å². The smallest absolute Gasteiger partial charge is 0.0947 e. The summed E-state index contributed by atoms with van der Waals surface area (Å²) < 4.78 is 0. The van der Waals surface area contributed by atoms with E-state index in [4.69, 9.17) is 28.9 Å². The van der Waals surface area contributed by atoms with E-state index in [0.717, 1.165) is 27.6 Å². The Morgan fingerprint density at radius 1 is 1.24 bits per heavy atom. The molecule has 5 heteroatoms. The fourth-order valence-electron chi connectivity index (χ4n) is 1.64. The van der Waals surface area contributed by atoms with Gasteiger partial charge in [0.2, 0.25) is 0 Å². The van der Waals surface area contributed by atoms with E-state index in [0.29, 0.717) is 16.6 Å². The molecule has 0 aliphatic carbocycles. The maximum atomic E-state index is 5.99. The predicted molar refractivity (Wildman–Crippen MR) is 75.1 cm³/mol. The molecule has 0 aliphatic rings. The Morgan fingerprint density at radius 3 is 2.47 bits per heavy atom. The number of thiazole rings is 1. The summed E-state index contributed by atoms with van der Waals surface area (Å²) in [5, 5.41) is 2.30. The summed E-state index contributed by atoms with van der Waals surface area (Å²) in [6.07, 6.45) is 0.805. The van der Waals surface area contributed by atoms with Crippen LogP contribution in [-0.4, -0.2) is 11.5 Å². The second-order valence-corrected chi connectivity index (χ2v) is 5.87. The minimum absolute atomic E-state index is 0.614. The Balaban J connectivity index is 2.44. The number of nitrogens with zero attached hydrogens (tertiary/aromatic N) is 1. The van der Waals surface area contributed by atoms with Crippen LogP contribution in [0.5, 0.6) is 0 Å². The third-order valence-corrected chi connectivity index (χ3v) is 3.80. The fourth-order valence-corrected chi connectivity index (χ4v) is 3.14. The summed E-state index contributed by atoms with van der Waals surface area (Å²) in [5.41, 5.74) is 7.44. The Labute approximate surface area is 114 Å². The van der Waals surface area contributed by atoms with Crippen LogP contribution in [0.3, 0.4) is 0 Å². The van der Waals surface area contributed by atoms with Crippen molar-refractivity contribution in [3.05, 3.63) is 38.1 Å². The Hall–Kier alpha value is -0.610. The largest absolute Gasteiger partial charge is 0.330 e. The molecule has 1 heterocycles. The highest BCUT2D eigenvalue weighted by atomic mass is 35.5. The lowest BCUT2D eigenvalue weighted by molar-refractivity contribution is 0.954. The molecule has 2 rings (SSSR count). The van der Waals surface area contributed by atoms with Gasteiger partial charge in [0.05, 0.1) is 10.7 Å². The molecule has 0 atom stereocenters. The first kappa shape index (κ1) is 12.8. The number of benzene rings is 1. The lowest BCUT2D eigenvalue weighted by atomic mass is 10.1. The van der Waals surface area contributed by atoms with Gasteiger partial charge in [-0.05, 0) is 31.7 Å². The summed E-state index contributed by atoms with van der Waals surface area (Å²) in [6, 6.07) is 5.47. The van der Waals surface area contributed by atoms with Gasteiger partial charge in [0.1, 0.15) is 0 Å². The van der Waals surface area contributed by atoms with E-state index >= 15 is 0 Å². The van der Waals surface area contributed by atoms with Crippen LogP contribution >= 0.6 is 34.5 Å². The minimum Gasteiger partial charge on any atom is -0.330 e. The predicted octanol–water partition coefficient (Wildman–Crippen LogP) is 3.93. The maximum Gasteiger partial charge on any atom is 0.0947 e. The van der Waals surface area contributed by atoms with Gasteiger partial charge in [0, 0.05) is 26.9 Å². The van der Waals surface area contributed by atoms with Crippen molar-refractivity contribution in [2.45, 2.75) is 13.3 Å². The molecule has 0 saturated heterocycles. The van der Waals surface area contributed by atoms with E-state index in [1.165, 1.54) is 0 Å². The van der Waals surface area contributed by atoms with Gasteiger partial charge in [-0.15, -0.1) is 11.3 Å². The summed E-state index contributed by atoms with van der Waals surface area (Å²) in [6.45, 7) is 2.66. The zero-order chi connectivity index (χ0) is 12.4. The highest BCUT2D eigenvalue weighted by Crippen LogP contribution is 2.31. The first-order valence-electron chi connectivity index (χ1n) is 5.23. The van der Waals surface area contributed by atoms with Crippen molar-refractivity contribution in [3.8, 4) is 11.3 Å². The number of rotatable bonds is 3. The van der Waals surface area contributed by atoms with Gasteiger partial charge < -0.3 is 5.73 Å². The van der Waals surface area contributed by atoms with Crippen molar-refractivity contribution < 1.29 is 0 Å². The van der Waals surface area contributed by atoms with Crippen molar-refractivity contribution in [3.63, 3.8) is 0 Å². The summed E-state index contributed by atoms with van der Waals surface area (Å²) >= 11 is 13.7. The lowest BCUT2D eigenvalue weighted by Crippen LogP contribution is -2.01. The number of nitrogens with two attached hydrogens (primary N) is 1. The third-order valence-electron chi connectivity index (χ3n) is 2.34. The SMILES string of the molecule is Cc1sc(CCN)nc1-c1cc(Cl)cc(Cl)c1. The molecule has 90 valence electrons. The van der Waals surface area contributed by atoms with Crippen molar-refractivity contribution in [1.82, 2.24) is 4.98 Å². The van der Waals surface area contributed by atoms with Gasteiger partial charge in [0.15, 0.2) is 0 Å². The fraction of sp³-hybridized carbons (Fsp3) is 0.250. The van der Waals surface area contributed by atoms with E-state index in [9.17, 15) is 0 Å². The summed E-state index contributed by atoms with van der Waals surface area (Å²) in [4.78, 5) is 5.73. The molecule has 2 aromatic rings. The molecule has 0 bridgehead atoms. The molecule has 0 unspecified atom stereocenters. The van der Waals surface area contributed by atoms with Gasteiger partial charge in [-0.3, -0.25) is 0 Å². The zero-order valence-electron chi connectivity index (χ0n) is 9.34. The lowest BCUT2D eigenvalue weighted by Gasteiger charge is -2.01. The van der Waals surface area contributed by atoms with Crippen molar-refractivity contribution in [2.75, 3.05) is 6.54 Å². The van der Waals surface area contributed by atoms with Gasteiger partial charge in [-0.25, -0.2) is 4.98 Å². The monoisotopic (exact) mass is 286 g/mol. The topological polar surface area (TPSA) is 38.9 Å². The average Bonchev–Trinajstić information content (AvgIpc) is 2.58. The van der Waals surface area contributed by atoms with Gasteiger partial charge in [0.25, 0.3) is 0 Å². The summed E-state index contributed by atoms with van der Waals surface area (Å²) in [5.74, 6) is 0. The van der Waals surface area contributed by atoms with E-state index < -0.39 is 0 Å². The standard InChI is InChI=1S/C12H12Cl2N2S/c1-7-12(16-11(17-7)2-3-15)8-4-9(13)6-10(14)5-8/h4-6H,2-3,15H2,1H3. The van der Waals surface area contributed by atoms with Crippen LogP contribution < -0.4 is 5.73 Å². The molecule has 1 aromatic carbocycles. The van der Waals surface area contributed by atoms with Crippen molar-refractivity contribution >= 4 is 34.5 Å². The van der Waals surface area contributed by atoms with Crippen LogP contribution in [0, 0.1) is 6.92 Å². The van der Waals surface area contributed by atoms with E-state index in [1.54, 1.807) is 17.4 Å². The van der Waals surface area contributed by atoms with E-state index in [1.807, 2.05) is 19.1 Å². The molecule has 0 aliphatic heterocycles. The Morgan fingerprint density at radius 2 is 1.88 bits per heavy atom. The molecule has 0 spiro atoms. The quantitative estimate of drug-likeness (QED) is 0.929. The van der Waals surface area contributed by atoms with Crippen LogP contribution in [0.1, 0.15) is 9.88 Å². The zero-order valence-corrected chi connectivity index (χ0v) is 11.7. The van der Waals surface area contributed by atoms with Crippen LogP contribution in [0.25, 0.3) is 11.3 Å². The molecule has 0 saturated carbocycles. The number of halogens is 2. The third kappa shape index (κ3) is 2.99. The average molecular weight is 287 g/mol. The van der Waals surface area contributed by atoms with Crippen LogP contribution in [0.2, 0.25) is 10.0 Å². The molecule has 2 N–H and O–H groups in total. The maximum absolute atomic E-state index is 5.99. The minimum atomic E-state index is 0.614. The Kier molecular flexibility index (Phi) is 4.05. The molecular weight excluding hydrogens is 275 g/mol. The van der Waals surface area contributed by atoms with Crippen LogP contribution in [0.15, 0.2) is 18.2 Å².